The largest absolute Gasteiger partial charge is 0.384 e. The highest BCUT2D eigenvalue weighted by Crippen LogP contribution is 2.20. The molecule has 0 unspecified atom stereocenters. The van der Waals surface area contributed by atoms with E-state index in [-0.39, 0.29) is 4.90 Å². The Kier molecular flexibility index (Phi) is 5.18. The van der Waals surface area contributed by atoms with E-state index in [1.54, 1.807) is 37.3 Å². The van der Waals surface area contributed by atoms with Crippen LogP contribution >= 0.6 is 0 Å². The number of anilines is 1. The van der Waals surface area contributed by atoms with Gasteiger partial charge in [-0.05, 0) is 18.6 Å². The molecule has 0 heterocycles. The van der Waals surface area contributed by atoms with Crippen molar-refractivity contribution in [3.63, 3.8) is 0 Å². The summed E-state index contributed by atoms with van der Waals surface area (Å²) in [5, 5.41) is 3.09. The van der Waals surface area contributed by atoms with E-state index in [0.717, 1.165) is 6.42 Å². The zero-order chi connectivity index (χ0) is 12.7. The van der Waals surface area contributed by atoms with Crippen LogP contribution in [0.2, 0.25) is 0 Å². The molecule has 0 aliphatic rings. The molecule has 0 fully saturated rings. The molecule has 4 nitrogen and oxygen atoms in total. The Labute approximate surface area is 103 Å². The monoisotopic (exact) mass is 254 g/mol. The van der Waals surface area contributed by atoms with Crippen LogP contribution in [0.3, 0.4) is 0 Å². The van der Waals surface area contributed by atoms with Crippen LogP contribution in [0.1, 0.15) is 13.3 Å². The SMILES string of the molecule is C=CCCNc1ccccc1S(=O)(=O)NCC. The van der Waals surface area contributed by atoms with Crippen molar-refractivity contribution >= 4 is 15.7 Å². The molecule has 0 aliphatic carbocycles. The zero-order valence-electron chi connectivity index (χ0n) is 9.94. The number of nitrogens with one attached hydrogen (secondary N) is 2. The Morgan fingerprint density at radius 1 is 1.35 bits per heavy atom. The smallest absolute Gasteiger partial charge is 0.242 e. The maximum atomic E-state index is 11.9. The highest BCUT2D eigenvalue weighted by molar-refractivity contribution is 7.89. The number of hydrogen-bond acceptors (Lipinski definition) is 3. The molecule has 0 amide bonds. The Morgan fingerprint density at radius 2 is 2.06 bits per heavy atom. The topological polar surface area (TPSA) is 58.2 Å². The molecule has 0 saturated carbocycles. The summed E-state index contributed by atoms with van der Waals surface area (Å²) in [7, 11) is -3.42. The summed E-state index contributed by atoms with van der Waals surface area (Å²) in [5.41, 5.74) is 0.621. The molecule has 94 valence electrons. The van der Waals surface area contributed by atoms with Gasteiger partial charge in [0.1, 0.15) is 4.90 Å². The molecular formula is C12H18N2O2S. The first-order valence-corrected chi connectivity index (χ1v) is 7.03. The van der Waals surface area contributed by atoms with Crippen molar-refractivity contribution in [1.82, 2.24) is 4.72 Å². The van der Waals surface area contributed by atoms with Gasteiger partial charge in [-0.25, -0.2) is 13.1 Å². The second-order valence-electron chi connectivity index (χ2n) is 3.50. The van der Waals surface area contributed by atoms with E-state index in [0.29, 0.717) is 18.8 Å². The van der Waals surface area contributed by atoms with Gasteiger partial charge in [0.15, 0.2) is 0 Å². The van der Waals surface area contributed by atoms with Gasteiger partial charge in [-0.3, -0.25) is 0 Å². The van der Waals surface area contributed by atoms with Crippen molar-refractivity contribution in [2.75, 3.05) is 18.4 Å². The lowest BCUT2D eigenvalue weighted by Gasteiger charge is -2.11. The van der Waals surface area contributed by atoms with Crippen LogP contribution in [0.25, 0.3) is 0 Å². The van der Waals surface area contributed by atoms with Crippen LogP contribution in [0, 0.1) is 0 Å². The van der Waals surface area contributed by atoms with Gasteiger partial charge < -0.3 is 5.32 Å². The highest BCUT2D eigenvalue weighted by atomic mass is 32.2. The van der Waals surface area contributed by atoms with Gasteiger partial charge in [0, 0.05) is 13.1 Å². The summed E-state index contributed by atoms with van der Waals surface area (Å²) in [4.78, 5) is 0.283. The molecule has 0 atom stereocenters. The molecule has 1 aromatic rings. The summed E-state index contributed by atoms with van der Waals surface area (Å²) in [6, 6.07) is 6.87. The summed E-state index contributed by atoms with van der Waals surface area (Å²) in [5.74, 6) is 0. The molecule has 1 rings (SSSR count). The number of rotatable bonds is 7. The number of benzene rings is 1. The van der Waals surface area contributed by atoms with Crippen molar-refractivity contribution < 1.29 is 8.42 Å². The minimum absolute atomic E-state index is 0.283. The lowest BCUT2D eigenvalue weighted by atomic mass is 10.3. The number of hydrogen-bond donors (Lipinski definition) is 2. The third-order valence-electron chi connectivity index (χ3n) is 2.17. The normalized spacial score (nSPS) is 11.1. The first-order valence-electron chi connectivity index (χ1n) is 5.55. The summed E-state index contributed by atoms with van der Waals surface area (Å²) in [6.07, 6.45) is 2.57. The maximum absolute atomic E-state index is 11.9. The third-order valence-corrected chi connectivity index (χ3v) is 3.78. The fourth-order valence-electron chi connectivity index (χ4n) is 1.42. The summed E-state index contributed by atoms with van der Waals surface area (Å²) < 4.78 is 26.3. The first kappa shape index (κ1) is 13.7. The Morgan fingerprint density at radius 3 is 2.71 bits per heavy atom. The van der Waals surface area contributed by atoms with E-state index in [2.05, 4.69) is 16.6 Å². The first-order chi connectivity index (χ1) is 8.11. The van der Waals surface area contributed by atoms with E-state index in [1.807, 2.05) is 0 Å². The predicted molar refractivity (Wildman–Crippen MR) is 70.6 cm³/mol. The quantitative estimate of drug-likeness (QED) is 0.578. The van der Waals surface area contributed by atoms with Gasteiger partial charge in [0.2, 0.25) is 10.0 Å². The predicted octanol–water partition coefficient (Wildman–Crippen LogP) is 1.97. The average Bonchev–Trinajstić information content (AvgIpc) is 2.30. The average molecular weight is 254 g/mol. The molecular weight excluding hydrogens is 236 g/mol. The summed E-state index contributed by atoms with van der Waals surface area (Å²) in [6.45, 7) is 6.42. The van der Waals surface area contributed by atoms with Gasteiger partial charge in [0.05, 0.1) is 5.69 Å². The van der Waals surface area contributed by atoms with Crippen molar-refractivity contribution in [2.45, 2.75) is 18.2 Å². The Balaban J connectivity index is 2.95. The molecule has 5 heteroatoms. The van der Waals surface area contributed by atoms with Gasteiger partial charge in [-0.1, -0.05) is 25.1 Å². The molecule has 17 heavy (non-hydrogen) atoms. The van der Waals surface area contributed by atoms with E-state index < -0.39 is 10.0 Å². The van der Waals surface area contributed by atoms with Crippen LogP contribution in [0.4, 0.5) is 5.69 Å². The minimum Gasteiger partial charge on any atom is -0.384 e. The lowest BCUT2D eigenvalue weighted by Crippen LogP contribution is -2.24. The van der Waals surface area contributed by atoms with Gasteiger partial charge in [0.25, 0.3) is 0 Å². The maximum Gasteiger partial charge on any atom is 0.242 e. The Hall–Kier alpha value is -1.33. The van der Waals surface area contributed by atoms with Crippen molar-refractivity contribution in [2.24, 2.45) is 0 Å². The van der Waals surface area contributed by atoms with E-state index in [1.165, 1.54) is 0 Å². The van der Waals surface area contributed by atoms with E-state index in [4.69, 9.17) is 0 Å². The van der Waals surface area contributed by atoms with Crippen LogP contribution in [-0.4, -0.2) is 21.5 Å². The standard InChI is InChI=1S/C12H18N2O2S/c1-3-5-10-13-11-8-6-7-9-12(11)17(15,16)14-4-2/h3,6-9,13-14H,1,4-5,10H2,2H3. The van der Waals surface area contributed by atoms with Crippen molar-refractivity contribution in [3.05, 3.63) is 36.9 Å². The van der Waals surface area contributed by atoms with Crippen LogP contribution in [0.15, 0.2) is 41.8 Å². The second-order valence-corrected chi connectivity index (χ2v) is 5.24. The zero-order valence-corrected chi connectivity index (χ0v) is 10.8. The van der Waals surface area contributed by atoms with Gasteiger partial charge in [-0.2, -0.15) is 0 Å². The van der Waals surface area contributed by atoms with Crippen LogP contribution < -0.4 is 10.0 Å². The van der Waals surface area contributed by atoms with Gasteiger partial charge in [-0.15, -0.1) is 6.58 Å². The molecule has 0 aliphatic heterocycles. The fourth-order valence-corrected chi connectivity index (χ4v) is 2.65. The van der Waals surface area contributed by atoms with Crippen LogP contribution in [0.5, 0.6) is 0 Å². The molecule has 0 spiro atoms. The number of sulfonamides is 1. The third kappa shape index (κ3) is 3.87. The molecule has 0 radical (unpaired) electrons. The van der Waals surface area contributed by atoms with Gasteiger partial charge >= 0.3 is 0 Å². The summed E-state index contributed by atoms with van der Waals surface area (Å²) >= 11 is 0. The highest BCUT2D eigenvalue weighted by Gasteiger charge is 2.16. The molecule has 0 aromatic heterocycles. The lowest BCUT2D eigenvalue weighted by molar-refractivity contribution is 0.584. The van der Waals surface area contributed by atoms with Crippen molar-refractivity contribution in [3.8, 4) is 0 Å². The molecule has 0 bridgehead atoms. The van der Waals surface area contributed by atoms with Crippen LogP contribution in [-0.2, 0) is 10.0 Å². The Bertz CT molecular complexity index is 469. The van der Waals surface area contributed by atoms with E-state index >= 15 is 0 Å². The minimum atomic E-state index is -3.42. The van der Waals surface area contributed by atoms with Crippen molar-refractivity contribution in [1.29, 1.82) is 0 Å². The number of para-hydroxylation sites is 1. The molecule has 0 saturated heterocycles. The molecule has 1 aromatic carbocycles. The molecule has 2 N–H and O–H groups in total. The van der Waals surface area contributed by atoms with E-state index in [9.17, 15) is 8.42 Å². The fraction of sp³-hybridized carbons (Fsp3) is 0.333. The second kappa shape index (κ2) is 6.42.